The molecule has 2 aromatic rings. The maximum atomic E-state index is 14.7. The second kappa shape index (κ2) is 6.97. The molecule has 0 spiro atoms. The van der Waals surface area contributed by atoms with Gasteiger partial charge in [0.1, 0.15) is 17.5 Å². The zero-order chi connectivity index (χ0) is 17.1. The van der Waals surface area contributed by atoms with Gasteiger partial charge in [-0.3, -0.25) is 0 Å². The highest BCUT2D eigenvalue weighted by Gasteiger charge is 2.20. The molecule has 3 rings (SSSR count). The third-order valence-electron chi connectivity index (χ3n) is 4.17. The van der Waals surface area contributed by atoms with E-state index in [1.807, 2.05) is 6.08 Å². The summed E-state index contributed by atoms with van der Waals surface area (Å²) in [5, 5.41) is 0. The van der Waals surface area contributed by atoms with Crippen molar-refractivity contribution in [1.82, 2.24) is 0 Å². The van der Waals surface area contributed by atoms with E-state index in [-0.39, 0.29) is 11.4 Å². The Morgan fingerprint density at radius 3 is 2.50 bits per heavy atom. The highest BCUT2D eigenvalue weighted by molar-refractivity contribution is 5.50. The van der Waals surface area contributed by atoms with E-state index in [9.17, 15) is 13.2 Å². The third-order valence-corrected chi connectivity index (χ3v) is 4.17. The lowest BCUT2D eigenvalue weighted by atomic mass is 9.88. The number of rotatable bonds is 2. The quantitative estimate of drug-likeness (QED) is 0.517. The van der Waals surface area contributed by atoms with Crippen molar-refractivity contribution in [3.05, 3.63) is 81.7 Å². The minimum absolute atomic E-state index is 0.217. The van der Waals surface area contributed by atoms with Gasteiger partial charge in [-0.2, -0.15) is 0 Å². The van der Waals surface area contributed by atoms with Gasteiger partial charge in [0, 0.05) is 5.56 Å². The Balaban J connectivity index is 1.94. The summed E-state index contributed by atoms with van der Waals surface area (Å²) in [5.74, 6) is 3.66. The van der Waals surface area contributed by atoms with Crippen molar-refractivity contribution in [2.24, 2.45) is 0 Å². The second-order valence-electron chi connectivity index (χ2n) is 5.94. The molecule has 0 heterocycles. The van der Waals surface area contributed by atoms with Gasteiger partial charge in [0.25, 0.3) is 0 Å². The van der Waals surface area contributed by atoms with Crippen LogP contribution in [-0.2, 0) is 12.8 Å². The zero-order valence-electron chi connectivity index (χ0n) is 13.4. The van der Waals surface area contributed by atoms with Crippen LogP contribution >= 0.6 is 0 Å². The van der Waals surface area contributed by atoms with Crippen LogP contribution in [0.3, 0.4) is 0 Å². The van der Waals surface area contributed by atoms with Gasteiger partial charge in [0.2, 0.25) is 0 Å². The molecule has 0 unspecified atom stereocenters. The molecule has 0 aromatic heterocycles. The van der Waals surface area contributed by atoms with Crippen molar-refractivity contribution in [1.29, 1.82) is 0 Å². The summed E-state index contributed by atoms with van der Waals surface area (Å²) < 4.78 is 41.8. The standard InChI is InChI=1S/C21H17F3/c1-2-3-15-7-10-18-16(12-15)13-20(23)19(21(18)24)11-6-14-4-8-17(22)9-5-14/h4-5,7-9,13H,2-3,10,12H2,1H3. The highest BCUT2D eigenvalue weighted by Crippen LogP contribution is 2.29. The molecular formula is C21H17F3. The number of fused-ring (bicyclic) bond motifs is 1. The van der Waals surface area contributed by atoms with E-state index in [2.05, 4.69) is 18.8 Å². The van der Waals surface area contributed by atoms with Gasteiger partial charge in [-0.25, -0.2) is 13.2 Å². The summed E-state index contributed by atoms with van der Waals surface area (Å²) in [6, 6.07) is 6.90. The largest absolute Gasteiger partial charge is 0.207 e. The zero-order valence-corrected chi connectivity index (χ0v) is 13.4. The SMILES string of the molecule is CCCC1=CCc2c(cc(F)c(C#Cc3ccc(F)cc3)c2F)C1. The first-order valence-electron chi connectivity index (χ1n) is 8.03. The van der Waals surface area contributed by atoms with Crippen molar-refractivity contribution < 1.29 is 13.2 Å². The first-order valence-corrected chi connectivity index (χ1v) is 8.03. The smallest absolute Gasteiger partial charge is 0.145 e. The summed E-state index contributed by atoms with van der Waals surface area (Å²) >= 11 is 0. The second-order valence-corrected chi connectivity index (χ2v) is 5.94. The fourth-order valence-electron chi connectivity index (χ4n) is 2.94. The molecule has 3 heteroatoms. The van der Waals surface area contributed by atoms with E-state index in [1.165, 1.54) is 35.9 Å². The Morgan fingerprint density at radius 2 is 1.79 bits per heavy atom. The predicted octanol–water partition coefficient (Wildman–Crippen LogP) is 5.33. The summed E-state index contributed by atoms with van der Waals surface area (Å²) in [4.78, 5) is 0. The molecule has 2 aromatic carbocycles. The summed E-state index contributed by atoms with van der Waals surface area (Å²) in [5.41, 5.74) is 2.76. The molecule has 0 saturated heterocycles. The molecule has 24 heavy (non-hydrogen) atoms. The Labute approximate surface area is 140 Å². The van der Waals surface area contributed by atoms with Gasteiger partial charge >= 0.3 is 0 Å². The van der Waals surface area contributed by atoms with Gasteiger partial charge in [-0.15, -0.1) is 0 Å². The van der Waals surface area contributed by atoms with Crippen molar-refractivity contribution in [3.63, 3.8) is 0 Å². The maximum absolute atomic E-state index is 14.7. The Hall–Kier alpha value is -2.47. The summed E-state index contributed by atoms with van der Waals surface area (Å²) in [6.45, 7) is 2.09. The normalized spacial score (nSPS) is 12.9. The molecule has 0 radical (unpaired) electrons. The lowest BCUT2D eigenvalue weighted by Gasteiger charge is -2.18. The van der Waals surface area contributed by atoms with Crippen LogP contribution in [-0.4, -0.2) is 0 Å². The van der Waals surface area contributed by atoms with Crippen LogP contribution in [0.1, 0.15) is 42.0 Å². The van der Waals surface area contributed by atoms with Gasteiger partial charge in [-0.1, -0.05) is 36.8 Å². The summed E-state index contributed by atoms with van der Waals surface area (Å²) in [6.07, 6.45) is 5.08. The van der Waals surface area contributed by atoms with Crippen molar-refractivity contribution in [2.45, 2.75) is 32.6 Å². The summed E-state index contributed by atoms with van der Waals surface area (Å²) in [7, 11) is 0. The fraction of sp³-hybridized carbons (Fsp3) is 0.238. The minimum atomic E-state index is -0.640. The van der Waals surface area contributed by atoms with Crippen LogP contribution in [0.2, 0.25) is 0 Å². The van der Waals surface area contributed by atoms with Crippen LogP contribution < -0.4 is 0 Å². The average molecular weight is 326 g/mol. The van der Waals surface area contributed by atoms with Crippen LogP contribution in [0, 0.1) is 29.3 Å². The molecule has 0 aliphatic heterocycles. The van der Waals surface area contributed by atoms with Gasteiger partial charge in [0.05, 0.1) is 5.56 Å². The van der Waals surface area contributed by atoms with Crippen LogP contribution in [0.5, 0.6) is 0 Å². The first kappa shape index (κ1) is 16.4. The Kier molecular flexibility index (Phi) is 4.76. The van der Waals surface area contributed by atoms with Gasteiger partial charge in [0.15, 0.2) is 0 Å². The fourth-order valence-corrected chi connectivity index (χ4v) is 2.94. The number of hydrogen-bond donors (Lipinski definition) is 0. The van der Waals surface area contributed by atoms with Crippen molar-refractivity contribution in [2.75, 3.05) is 0 Å². The number of halogens is 3. The van der Waals surface area contributed by atoms with Gasteiger partial charge in [-0.05, 0) is 60.7 Å². The molecule has 0 saturated carbocycles. The lowest BCUT2D eigenvalue weighted by Crippen LogP contribution is -2.09. The maximum Gasteiger partial charge on any atom is 0.145 e. The lowest BCUT2D eigenvalue weighted by molar-refractivity contribution is 0.563. The first-order chi connectivity index (χ1) is 11.6. The number of hydrogen-bond acceptors (Lipinski definition) is 0. The van der Waals surface area contributed by atoms with E-state index in [0.717, 1.165) is 12.8 Å². The minimum Gasteiger partial charge on any atom is -0.207 e. The predicted molar refractivity (Wildman–Crippen MR) is 89.1 cm³/mol. The molecule has 122 valence electrons. The molecule has 0 nitrogen and oxygen atoms in total. The third kappa shape index (κ3) is 3.38. The van der Waals surface area contributed by atoms with E-state index in [1.54, 1.807) is 0 Å². The molecule has 1 aliphatic carbocycles. The van der Waals surface area contributed by atoms with Crippen LogP contribution in [0.25, 0.3) is 0 Å². The molecule has 1 aliphatic rings. The molecule has 0 atom stereocenters. The molecule has 0 bridgehead atoms. The molecule has 0 N–H and O–H groups in total. The average Bonchev–Trinajstić information content (AvgIpc) is 2.56. The van der Waals surface area contributed by atoms with E-state index in [4.69, 9.17) is 0 Å². The molecular weight excluding hydrogens is 309 g/mol. The Morgan fingerprint density at radius 1 is 1.04 bits per heavy atom. The molecule has 0 fully saturated rings. The van der Waals surface area contributed by atoms with E-state index >= 15 is 0 Å². The number of allylic oxidation sites excluding steroid dienone is 2. The molecule has 0 amide bonds. The Bertz CT molecular complexity index is 849. The number of benzene rings is 2. The van der Waals surface area contributed by atoms with Gasteiger partial charge < -0.3 is 0 Å². The monoisotopic (exact) mass is 326 g/mol. The van der Waals surface area contributed by atoms with E-state index < -0.39 is 11.6 Å². The van der Waals surface area contributed by atoms with Crippen molar-refractivity contribution in [3.8, 4) is 11.8 Å². The topological polar surface area (TPSA) is 0 Å². The highest BCUT2D eigenvalue weighted by atomic mass is 19.1. The van der Waals surface area contributed by atoms with Crippen LogP contribution in [0.15, 0.2) is 42.0 Å². The van der Waals surface area contributed by atoms with E-state index in [0.29, 0.717) is 29.5 Å². The van der Waals surface area contributed by atoms with Crippen molar-refractivity contribution >= 4 is 0 Å². The van der Waals surface area contributed by atoms with Crippen LogP contribution in [0.4, 0.5) is 13.2 Å².